The van der Waals surface area contributed by atoms with Crippen molar-refractivity contribution in [3.8, 4) is 50.7 Å². The van der Waals surface area contributed by atoms with Gasteiger partial charge in [0.15, 0.2) is 0 Å². The van der Waals surface area contributed by atoms with Crippen molar-refractivity contribution in [3.63, 3.8) is 0 Å². The van der Waals surface area contributed by atoms with Crippen molar-refractivity contribution in [3.05, 3.63) is 174 Å². The minimum atomic E-state index is 0.625. The van der Waals surface area contributed by atoms with Crippen LogP contribution in [0.1, 0.15) is 0 Å². The van der Waals surface area contributed by atoms with E-state index in [1.54, 1.807) is 0 Å². The Morgan fingerprint density at radius 3 is 1.69 bits per heavy atom. The Kier molecular flexibility index (Phi) is 6.93. The highest BCUT2D eigenvalue weighted by Crippen LogP contribution is 2.37. The van der Waals surface area contributed by atoms with Crippen molar-refractivity contribution in [2.75, 3.05) is 0 Å². The molecule has 5 heteroatoms. The lowest BCUT2D eigenvalue weighted by atomic mass is 9.99. The van der Waals surface area contributed by atoms with E-state index < -0.39 is 0 Å². The van der Waals surface area contributed by atoms with Crippen LogP contribution in [0.5, 0.6) is 0 Å². The monoisotopic (exact) mass is 717 g/mol. The van der Waals surface area contributed by atoms with Crippen molar-refractivity contribution in [1.82, 2.24) is 14.5 Å². The van der Waals surface area contributed by atoms with Gasteiger partial charge in [0.1, 0.15) is 11.2 Å². The number of para-hydroxylation sites is 3. The smallest absolute Gasteiger partial charge is 0.235 e. The summed E-state index contributed by atoms with van der Waals surface area (Å²) < 4.78 is 9.29. The quantitative estimate of drug-likeness (QED) is 0.178. The van der Waals surface area contributed by atoms with E-state index in [1.807, 2.05) is 18.2 Å². The van der Waals surface area contributed by atoms with E-state index in [9.17, 15) is 0 Å². The Bertz CT molecular complexity index is 2870. The number of hydrogen-bond donors (Lipinski definition) is 0. The molecule has 240 valence electrons. The van der Waals surface area contributed by atoms with Gasteiger partial charge in [0.05, 0.1) is 22.4 Å². The minimum absolute atomic E-state index is 0.625. The molecule has 7 aromatic carbocycles. The van der Waals surface area contributed by atoms with Gasteiger partial charge in [0.25, 0.3) is 0 Å². The predicted octanol–water partition coefficient (Wildman–Crippen LogP) is 12.9. The zero-order valence-electron chi connectivity index (χ0n) is 27.3. The second-order valence-electron chi connectivity index (χ2n) is 12.8. The third-order valence-corrected chi connectivity index (χ3v) is 10.1. The van der Waals surface area contributed by atoms with Crippen LogP contribution in [0.3, 0.4) is 0 Å². The molecule has 0 atom stereocenters. The van der Waals surface area contributed by atoms with E-state index in [4.69, 9.17) is 14.4 Å². The van der Waals surface area contributed by atoms with E-state index in [2.05, 4.69) is 172 Å². The second-order valence-corrected chi connectivity index (χ2v) is 13.7. The van der Waals surface area contributed by atoms with Crippen molar-refractivity contribution in [2.45, 2.75) is 0 Å². The number of halogens is 1. The standard InChI is InChI=1S/C46H28BrN3O/c47-35-25-33(32-22-23-45-39(27-32)38-14-6-9-17-44(38)51-45)24-34(26-35)41-28-40(31-20-18-30(19-21-31)29-10-2-1-3-11-29)48-46(49-41)50-42-15-7-4-12-36(42)37-13-5-8-16-43(37)50/h1-28H. The minimum Gasteiger partial charge on any atom is -0.456 e. The Labute approximate surface area is 302 Å². The number of benzene rings is 7. The molecule has 10 rings (SSSR count). The molecule has 0 aliphatic rings. The molecule has 0 saturated carbocycles. The molecule has 4 nitrogen and oxygen atoms in total. The lowest BCUT2D eigenvalue weighted by Gasteiger charge is -2.13. The average Bonchev–Trinajstić information content (AvgIpc) is 3.73. The van der Waals surface area contributed by atoms with E-state index in [-0.39, 0.29) is 0 Å². The molecule has 10 aromatic rings. The summed E-state index contributed by atoms with van der Waals surface area (Å²) in [4.78, 5) is 10.6. The summed E-state index contributed by atoms with van der Waals surface area (Å²) >= 11 is 3.84. The number of furan rings is 1. The van der Waals surface area contributed by atoms with Gasteiger partial charge < -0.3 is 4.42 Å². The highest BCUT2D eigenvalue weighted by atomic mass is 79.9. The third-order valence-electron chi connectivity index (χ3n) is 9.69. The van der Waals surface area contributed by atoms with Gasteiger partial charge >= 0.3 is 0 Å². The number of fused-ring (bicyclic) bond motifs is 6. The second kappa shape index (κ2) is 11.9. The maximum absolute atomic E-state index is 6.13. The van der Waals surface area contributed by atoms with E-state index >= 15 is 0 Å². The number of nitrogens with zero attached hydrogens (tertiary/aromatic N) is 3. The Morgan fingerprint density at radius 1 is 0.392 bits per heavy atom. The maximum atomic E-state index is 6.13. The van der Waals surface area contributed by atoms with Crippen LogP contribution in [-0.2, 0) is 0 Å². The van der Waals surface area contributed by atoms with Crippen LogP contribution in [-0.4, -0.2) is 14.5 Å². The lowest BCUT2D eigenvalue weighted by molar-refractivity contribution is 0.669. The first-order chi connectivity index (χ1) is 25.2. The topological polar surface area (TPSA) is 43.9 Å². The van der Waals surface area contributed by atoms with Crippen molar-refractivity contribution < 1.29 is 4.42 Å². The van der Waals surface area contributed by atoms with Crippen molar-refractivity contribution in [1.29, 1.82) is 0 Å². The summed E-state index contributed by atoms with van der Waals surface area (Å²) in [6.07, 6.45) is 0. The summed E-state index contributed by atoms with van der Waals surface area (Å²) in [6, 6.07) is 59.3. The van der Waals surface area contributed by atoms with Gasteiger partial charge in [0, 0.05) is 37.1 Å². The van der Waals surface area contributed by atoms with Crippen LogP contribution in [0, 0.1) is 0 Å². The van der Waals surface area contributed by atoms with Crippen LogP contribution >= 0.6 is 15.9 Å². The van der Waals surface area contributed by atoms with Gasteiger partial charge in [-0.1, -0.05) is 131 Å². The van der Waals surface area contributed by atoms with Gasteiger partial charge in [-0.25, -0.2) is 9.97 Å². The van der Waals surface area contributed by atoms with Crippen LogP contribution < -0.4 is 0 Å². The zero-order chi connectivity index (χ0) is 33.9. The first-order valence-corrected chi connectivity index (χ1v) is 17.7. The van der Waals surface area contributed by atoms with E-state index in [0.717, 1.165) is 76.6 Å². The Hall–Kier alpha value is -6.30. The van der Waals surface area contributed by atoms with E-state index in [1.165, 1.54) is 16.3 Å². The van der Waals surface area contributed by atoms with Crippen LogP contribution in [0.25, 0.3) is 94.5 Å². The molecule has 0 spiro atoms. The molecule has 0 unspecified atom stereocenters. The normalized spacial score (nSPS) is 11.6. The average molecular weight is 719 g/mol. The SMILES string of the molecule is Brc1cc(-c2ccc3oc4ccccc4c3c2)cc(-c2cc(-c3ccc(-c4ccccc4)cc3)nc(-n3c4ccccc4c4ccccc43)n2)c1. The van der Waals surface area contributed by atoms with E-state index in [0.29, 0.717) is 5.95 Å². The van der Waals surface area contributed by atoms with Crippen LogP contribution in [0.4, 0.5) is 0 Å². The van der Waals surface area contributed by atoms with Gasteiger partial charge in [-0.2, -0.15) is 0 Å². The predicted molar refractivity (Wildman–Crippen MR) is 213 cm³/mol. The summed E-state index contributed by atoms with van der Waals surface area (Å²) in [7, 11) is 0. The number of aromatic nitrogens is 3. The highest BCUT2D eigenvalue weighted by molar-refractivity contribution is 9.10. The summed E-state index contributed by atoms with van der Waals surface area (Å²) in [5.41, 5.74) is 12.1. The summed E-state index contributed by atoms with van der Waals surface area (Å²) in [5, 5.41) is 4.55. The van der Waals surface area contributed by atoms with Crippen LogP contribution in [0.2, 0.25) is 0 Å². The molecule has 3 heterocycles. The number of rotatable bonds is 5. The molecule has 51 heavy (non-hydrogen) atoms. The molecule has 0 aliphatic heterocycles. The molecular weight excluding hydrogens is 690 g/mol. The fraction of sp³-hybridized carbons (Fsp3) is 0. The largest absolute Gasteiger partial charge is 0.456 e. The van der Waals surface area contributed by atoms with Crippen molar-refractivity contribution >= 4 is 59.7 Å². The molecule has 0 aliphatic carbocycles. The first-order valence-electron chi connectivity index (χ1n) is 16.9. The van der Waals surface area contributed by atoms with Gasteiger partial charge in [-0.05, 0) is 76.9 Å². The Morgan fingerprint density at radius 2 is 0.941 bits per heavy atom. The van der Waals surface area contributed by atoms with Gasteiger partial charge in [-0.3, -0.25) is 4.57 Å². The first kappa shape index (κ1) is 29.6. The number of hydrogen-bond acceptors (Lipinski definition) is 3. The fourth-order valence-electron chi connectivity index (χ4n) is 7.24. The molecule has 0 bridgehead atoms. The summed E-state index contributed by atoms with van der Waals surface area (Å²) in [6.45, 7) is 0. The van der Waals surface area contributed by atoms with Gasteiger partial charge in [0.2, 0.25) is 5.95 Å². The maximum Gasteiger partial charge on any atom is 0.235 e. The molecule has 0 radical (unpaired) electrons. The zero-order valence-corrected chi connectivity index (χ0v) is 28.9. The van der Waals surface area contributed by atoms with Gasteiger partial charge in [-0.15, -0.1) is 0 Å². The molecule has 0 N–H and O–H groups in total. The summed E-state index contributed by atoms with van der Waals surface area (Å²) in [5.74, 6) is 0.625. The molecule has 0 saturated heterocycles. The van der Waals surface area contributed by atoms with Crippen LogP contribution in [0.15, 0.2) is 179 Å². The molecule has 0 fully saturated rings. The highest BCUT2D eigenvalue weighted by Gasteiger charge is 2.18. The molecule has 3 aromatic heterocycles. The van der Waals surface area contributed by atoms with Crippen molar-refractivity contribution in [2.24, 2.45) is 0 Å². The molecular formula is C46H28BrN3O. The third kappa shape index (κ3) is 5.13. The fourth-order valence-corrected chi connectivity index (χ4v) is 7.74. The Balaban J connectivity index is 1.17. The molecule has 0 amide bonds. The lowest BCUT2D eigenvalue weighted by Crippen LogP contribution is -2.04.